The minimum Gasteiger partial charge on any atom is -0.379 e. The molecular formula is C18H17ClFN4O3S+. The summed E-state index contributed by atoms with van der Waals surface area (Å²) in [5, 5.41) is 11.8. The van der Waals surface area contributed by atoms with Crippen LogP contribution in [0.5, 0.6) is 0 Å². The smallest absolute Gasteiger partial charge is 0.318 e. The zero-order valence-electron chi connectivity index (χ0n) is 14.8. The highest BCUT2D eigenvalue weighted by Gasteiger charge is 2.30. The average Bonchev–Trinajstić information content (AvgIpc) is 2.62. The average molecular weight is 424 g/mol. The number of anilines is 1. The first kappa shape index (κ1) is 20.1. The first-order valence-corrected chi connectivity index (χ1v) is 9.61. The third-order valence-corrected chi connectivity index (χ3v) is 5.56. The zero-order chi connectivity index (χ0) is 20.5. The molecule has 0 aliphatic carbocycles. The van der Waals surface area contributed by atoms with Crippen LogP contribution in [0.4, 0.5) is 15.8 Å². The largest absolute Gasteiger partial charge is 0.379 e. The summed E-state index contributed by atoms with van der Waals surface area (Å²) in [7, 11) is 0. The van der Waals surface area contributed by atoms with Gasteiger partial charge in [0, 0.05) is 17.9 Å². The molecule has 3 rings (SSSR count). The molecule has 0 aromatic heterocycles. The number of carbonyl (C=O) groups excluding carboxylic acids is 1. The van der Waals surface area contributed by atoms with Crippen LogP contribution in [-0.2, 0) is 5.54 Å². The Hall–Kier alpha value is -2.65. The number of rotatable bonds is 4. The maximum Gasteiger partial charge on any atom is 0.318 e. The number of nitrogens with one attached hydrogen (secondary N) is 1. The summed E-state index contributed by atoms with van der Waals surface area (Å²) in [6.07, 6.45) is 0.720. The van der Waals surface area contributed by atoms with E-state index in [-0.39, 0.29) is 26.9 Å². The van der Waals surface area contributed by atoms with Crippen molar-refractivity contribution in [3.05, 3.63) is 63.3 Å². The summed E-state index contributed by atoms with van der Waals surface area (Å²) < 4.78 is 14.3. The van der Waals surface area contributed by atoms with Gasteiger partial charge in [-0.05, 0) is 37.1 Å². The molecule has 0 saturated heterocycles. The van der Waals surface area contributed by atoms with Crippen LogP contribution in [0.25, 0.3) is 0 Å². The van der Waals surface area contributed by atoms with Gasteiger partial charge < -0.3 is 11.1 Å². The lowest BCUT2D eigenvalue weighted by Gasteiger charge is -2.30. The molecule has 28 heavy (non-hydrogen) atoms. The van der Waals surface area contributed by atoms with E-state index in [1.165, 1.54) is 36.0 Å². The highest BCUT2D eigenvalue weighted by Crippen LogP contribution is 2.36. The zero-order valence-corrected chi connectivity index (χ0v) is 16.4. The highest BCUT2D eigenvalue weighted by molar-refractivity contribution is 8.13. The quantitative estimate of drug-likeness (QED) is 0.639. The Morgan fingerprint density at radius 3 is 2.79 bits per heavy atom. The summed E-state index contributed by atoms with van der Waals surface area (Å²) in [6, 6.07) is 8.02. The van der Waals surface area contributed by atoms with Crippen molar-refractivity contribution in [2.24, 2.45) is 10.7 Å². The Bertz CT molecular complexity index is 1000. The molecule has 0 radical (unpaired) electrons. The van der Waals surface area contributed by atoms with E-state index in [1.807, 2.05) is 6.92 Å². The van der Waals surface area contributed by atoms with Crippen LogP contribution in [0.1, 0.15) is 29.3 Å². The molecule has 0 bridgehead atoms. The second kappa shape index (κ2) is 7.76. The van der Waals surface area contributed by atoms with Crippen LogP contribution in [-0.4, -0.2) is 27.0 Å². The molecule has 1 amide bonds. The molecule has 2 aromatic rings. The van der Waals surface area contributed by atoms with Gasteiger partial charge in [0.05, 0.1) is 26.7 Å². The van der Waals surface area contributed by atoms with Crippen LogP contribution in [0.15, 0.2) is 41.4 Å². The fourth-order valence-electron chi connectivity index (χ4n) is 2.85. The van der Waals surface area contributed by atoms with Gasteiger partial charge in [-0.1, -0.05) is 29.4 Å². The molecular weight excluding hydrogens is 407 g/mol. The predicted octanol–water partition coefficient (Wildman–Crippen LogP) is 4.20. The summed E-state index contributed by atoms with van der Waals surface area (Å²) in [6.45, 7) is 1.90. The van der Waals surface area contributed by atoms with Crippen molar-refractivity contribution in [2.75, 3.05) is 11.1 Å². The maximum absolute atomic E-state index is 14.3. The normalized spacial score (nSPS) is 19.0. The van der Waals surface area contributed by atoms with E-state index in [2.05, 4.69) is 10.3 Å². The maximum atomic E-state index is 14.3. The van der Waals surface area contributed by atoms with Crippen molar-refractivity contribution < 1.29 is 19.3 Å². The van der Waals surface area contributed by atoms with Gasteiger partial charge in [0.25, 0.3) is 10.8 Å². The van der Waals surface area contributed by atoms with Crippen LogP contribution in [0.3, 0.4) is 0 Å². The molecule has 1 heterocycles. The molecule has 0 saturated carbocycles. The first-order chi connectivity index (χ1) is 13.2. The lowest BCUT2D eigenvalue weighted by atomic mass is 9.89. The summed E-state index contributed by atoms with van der Waals surface area (Å²) >= 11 is 7.46. The molecule has 0 spiro atoms. The molecule has 7 nitrogen and oxygen atoms in total. The van der Waals surface area contributed by atoms with Gasteiger partial charge in [-0.3, -0.25) is 9.79 Å². The van der Waals surface area contributed by atoms with Crippen molar-refractivity contribution in [1.82, 2.24) is 0 Å². The molecule has 10 heteroatoms. The number of aliphatic imine (C=N–C) groups is 1. The number of amidine groups is 1. The van der Waals surface area contributed by atoms with Gasteiger partial charge in [0.1, 0.15) is 5.82 Å². The number of benzene rings is 2. The second-order valence-corrected chi connectivity index (χ2v) is 7.93. The number of thioether (sulfide) groups is 1. The van der Waals surface area contributed by atoms with Crippen LogP contribution < -0.4 is 11.1 Å². The fraction of sp³-hybridized carbons (Fsp3) is 0.222. The Kier molecular flexibility index (Phi) is 5.57. The number of hydrogen-bond acceptors (Lipinski definition) is 5. The van der Waals surface area contributed by atoms with Gasteiger partial charge in [0.15, 0.2) is 5.17 Å². The Morgan fingerprint density at radius 1 is 1.39 bits per heavy atom. The number of carbonyl (C=O) groups is 1. The highest BCUT2D eigenvalue weighted by atomic mass is 35.5. The Labute approximate surface area is 169 Å². The van der Waals surface area contributed by atoms with E-state index in [0.29, 0.717) is 5.17 Å². The van der Waals surface area contributed by atoms with Crippen LogP contribution in [0, 0.1) is 10.7 Å². The van der Waals surface area contributed by atoms with Gasteiger partial charge in [-0.2, -0.15) is 0 Å². The molecule has 1 aliphatic rings. The van der Waals surface area contributed by atoms with Crippen molar-refractivity contribution in [2.45, 2.75) is 18.9 Å². The third-order valence-electron chi connectivity index (χ3n) is 4.45. The van der Waals surface area contributed by atoms with Gasteiger partial charge in [-0.15, -0.1) is 0 Å². The number of hydrogen-bond donors (Lipinski definition) is 3. The summed E-state index contributed by atoms with van der Waals surface area (Å²) in [5.41, 5.74) is 5.81. The van der Waals surface area contributed by atoms with Crippen molar-refractivity contribution in [3.8, 4) is 0 Å². The lowest BCUT2D eigenvalue weighted by Crippen LogP contribution is -2.29. The minimum absolute atomic E-state index is 0.0246. The SMILES string of the molecule is CC1(c2ccc(F)c(NC(=O)c3ccc([N+](=O)O)cc3Cl)c2)CCSC(N)=N1. The molecule has 1 aliphatic heterocycles. The first-order valence-electron chi connectivity index (χ1n) is 8.25. The topological polar surface area (TPSA) is 108 Å². The van der Waals surface area contributed by atoms with Gasteiger partial charge in [0.2, 0.25) is 0 Å². The van der Waals surface area contributed by atoms with Crippen LogP contribution in [0.2, 0.25) is 5.02 Å². The predicted molar refractivity (Wildman–Crippen MR) is 107 cm³/mol. The molecule has 2 aromatic carbocycles. The number of nitrogens with two attached hydrogens (primary N) is 1. The Morgan fingerprint density at radius 2 is 2.14 bits per heavy atom. The molecule has 146 valence electrons. The van der Waals surface area contributed by atoms with Crippen molar-refractivity contribution in [1.29, 1.82) is 0 Å². The second-order valence-electron chi connectivity index (χ2n) is 6.41. The number of halogens is 2. The van der Waals surface area contributed by atoms with E-state index in [9.17, 15) is 14.1 Å². The fourth-order valence-corrected chi connectivity index (χ4v) is 4.08. The molecule has 1 atom stereocenters. The summed E-state index contributed by atoms with van der Waals surface area (Å²) in [4.78, 5) is 27.5. The summed E-state index contributed by atoms with van der Waals surface area (Å²) in [5.74, 6) is -0.485. The lowest BCUT2D eigenvalue weighted by molar-refractivity contribution is -0.729. The monoisotopic (exact) mass is 423 g/mol. The van der Waals surface area contributed by atoms with Crippen molar-refractivity contribution in [3.63, 3.8) is 0 Å². The minimum atomic E-state index is -0.657. The van der Waals surface area contributed by atoms with E-state index in [1.54, 1.807) is 6.07 Å². The Balaban J connectivity index is 1.89. The van der Waals surface area contributed by atoms with E-state index < -0.39 is 17.3 Å². The van der Waals surface area contributed by atoms with Crippen molar-refractivity contribution >= 4 is 45.8 Å². The number of nitrogens with zero attached hydrogens (tertiary/aromatic N) is 2. The van der Waals surface area contributed by atoms with Crippen LogP contribution >= 0.6 is 23.4 Å². The van der Waals surface area contributed by atoms with E-state index >= 15 is 0 Å². The van der Waals surface area contributed by atoms with Gasteiger partial charge in [-0.25, -0.2) is 9.60 Å². The van der Waals surface area contributed by atoms with E-state index in [4.69, 9.17) is 22.5 Å². The standard InChI is InChI=1S/C18H16ClFN4O3S/c1-18(6-7-28-17(21)23-18)10-2-5-14(20)15(8-10)22-16(25)12-4-3-11(24(26)27)9-13(12)19/h2-5,8-9H,6-7H2,1H3,(H3-,21,22,23,25,26,27)/p+1. The molecule has 4 N–H and O–H groups in total. The third kappa shape index (κ3) is 4.10. The molecule has 1 unspecified atom stereocenters. The molecule has 0 fully saturated rings. The number of amides is 1. The van der Waals surface area contributed by atoms with E-state index in [0.717, 1.165) is 23.8 Å². The van der Waals surface area contributed by atoms with Gasteiger partial charge >= 0.3 is 5.69 Å².